The van der Waals surface area contributed by atoms with Crippen molar-refractivity contribution in [2.75, 3.05) is 0 Å². The third-order valence-electron chi connectivity index (χ3n) is 2.06. The number of ether oxygens (including phenoxy) is 1. The summed E-state index contributed by atoms with van der Waals surface area (Å²) in [5.74, 6) is -0.0438. The first-order valence-electron chi connectivity index (χ1n) is 4.15. The summed E-state index contributed by atoms with van der Waals surface area (Å²) >= 11 is 0. The lowest BCUT2D eigenvalue weighted by atomic mass is 10.1. The predicted octanol–water partition coefficient (Wildman–Crippen LogP) is 2.03. The summed E-state index contributed by atoms with van der Waals surface area (Å²) in [5.41, 5.74) is 2.26. The van der Waals surface area contributed by atoms with Crippen LogP contribution < -0.4 is 0 Å². The normalized spacial score (nSPS) is 16.3. The first-order valence-corrected chi connectivity index (χ1v) is 4.15. The van der Waals surface area contributed by atoms with E-state index < -0.39 is 0 Å². The fourth-order valence-corrected chi connectivity index (χ4v) is 1.42. The van der Waals surface area contributed by atoms with E-state index in [1.54, 1.807) is 6.07 Å². The molecule has 0 atom stereocenters. The Morgan fingerprint density at radius 2 is 2.21 bits per heavy atom. The Kier molecular flexibility index (Phi) is 1.83. The van der Waals surface area contributed by atoms with Gasteiger partial charge in [0.25, 0.3) is 0 Å². The third kappa shape index (κ3) is 1.17. The van der Waals surface area contributed by atoms with Gasteiger partial charge in [-0.2, -0.15) is 5.26 Å². The van der Waals surface area contributed by atoms with Crippen LogP contribution >= 0.6 is 0 Å². The minimum absolute atomic E-state index is 0.344. The van der Waals surface area contributed by atoms with Gasteiger partial charge >= 0.3 is 5.97 Å². The maximum atomic E-state index is 11.3. The van der Waals surface area contributed by atoms with E-state index in [1.807, 2.05) is 25.1 Å². The van der Waals surface area contributed by atoms with Crippen LogP contribution in [0.3, 0.4) is 0 Å². The zero-order valence-corrected chi connectivity index (χ0v) is 7.57. The Hall–Kier alpha value is -2.08. The fourth-order valence-electron chi connectivity index (χ4n) is 1.42. The van der Waals surface area contributed by atoms with Crippen LogP contribution in [0, 0.1) is 18.3 Å². The molecule has 0 N–H and O–H groups in total. The number of allylic oxidation sites excluding steroid dienone is 1. The van der Waals surface area contributed by atoms with Gasteiger partial charge in [0.1, 0.15) is 5.76 Å². The van der Waals surface area contributed by atoms with Gasteiger partial charge in [-0.05, 0) is 19.1 Å². The van der Waals surface area contributed by atoms with Crippen molar-refractivity contribution in [2.24, 2.45) is 0 Å². The van der Waals surface area contributed by atoms with Crippen LogP contribution in [0.2, 0.25) is 0 Å². The van der Waals surface area contributed by atoms with E-state index in [2.05, 4.69) is 0 Å². The van der Waals surface area contributed by atoms with Gasteiger partial charge in [-0.3, -0.25) is 0 Å². The molecule has 0 bridgehead atoms. The van der Waals surface area contributed by atoms with Crippen LogP contribution in [-0.4, -0.2) is 5.97 Å². The third-order valence-corrected chi connectivity index (χ3v) is 2.06. The summed E-state index contributed by atoms with van der Waals surface area (Å²) in [6.07, 6.45) is 1.24. The number of nitriles is 1. The van der Waals surface area contributed by atoms with Gasteiger partial charge in [-0.25, -0.2) is 4.79 Å². The van der Waals surface area contributed by atoms with Gasteiger partial charge < -0.3 is 4.74 Å². The molecule has 0 amide bonds. The quantitative estimate of drug-likeness (QED) is 0.459. The number of nitrogens with zero attached hydrogens (tertiary/aromatic N) is 1. The lowest BCUT2D eigenvalue weighted by Gasteiger charge is -1.96. The van der Waals surface area contributed by atoms with Gasteiger partial charge in [-0.15, -0.1) is 0 Å². The van der Waals surface area contributed by atoms with Crippen LogP contribution in [0.15, 0.2) is 24.3 Å². The second-order valence-corrected chi connectivity index (χ2v) is 3.08. The zero-order chi connectivity index (χ0) is 10.1. The van der Waals surface area contributed by atoms with Crippen molar-refractivity contribution in [3.63, 3.8) is 0 Å². The van der Waals surface area contributed by atoms with Crippen molar-refractivity contribution < 1.29 is 9.53 Å². The molecule has 0 saturated heterocycles. The summed E-state index contributed by atoms with van der Waals surface area (Å²) in [4.78, 5) is 11.3. The van der Waals surface area contributed by atoms with Crippen LogP contribution in [0.5, 0.6) is 0 Å². The SMILES string of the molecule is Cc1ccc2c(c1)/C(=C/C#N)OC2=O. The molecule has 0 spiro atoms. The summed E-state index contributed by atoms with van der Waals surface area (Å²) < 4.78 is 4.93. The van der Waals surface area contributed by atoms with Gasteiger partial charge in [0.05, 0.1) is 17.7 Å². The monoisotopic (exact) mass is 185 g/mol. The average Bonchev–Trinajstić information content (AvgIpc) is 2.44. The van der Waals surface area contributed by atoms with Crippen molar-refractivity contribution >= 4 is 11.7 Å². The number of carbonyl (C=O) groups excluding carboxylic acids is 1. The molecule has 1 aliphatic rings. The van der Waals surface area contributed by atoms with Crippen molar-refractivity contribution in [1.82, 2.24) is 0 Å². The van der Waals surface area contributed by atoms with Gasteiger partial charge in [0, 0.05) is 5.56 Å². The number of benzene rings is 1. The first-order chi connectivity index (χ1) is 6.72. The molecule has 14 heavy (non-hydrogen) atoms. The Labute approximate surface area is 81.2 Å². The Morgan fingerprint density at radius 3 is 2.93 bits per heavy atom. The van der Waals surface area contributed by atoms with Gasteiger partial charge in [-0.1, -0.05) is 11.6 Å². The number of hydrogen-bond donors (Lipinski definition) is 0. The molecular formula is C11H7NO2. The Morgan fingerprint density at radius 1 is 1.43 bits per heavy atom. The van der Waals surface area contributed by atoms with E-state index in [0.29, 0.717) is 16.9 Å². The highest BCUT2D eigenvalue weighted by atomic mass is 16.5. The molecule has 0 unspecified atom stereocenters. The second-order valence-electron chi connectivity index (χ2n) is 3.08. The highest BCUT2D eigenvalue weighted by Gasteiger charge is 2.25. The number of carbonyl (C=O) groups is 1. The predicted molar refractivity (Wildman–Crippen MR) is 50.2 cm³/mol. The number of hydrogen-bond acceptors (Lipinski definition) is 3. The second kappa shape index (κ2) is 3.00. The molecule has 1 aromatic rings. The largest absolute Gasteiger partial charge is 0.421 e. The van der Waals surface area contributed by atoms with E-state index in [9.17, 15) is 4.79 Å². The number of esters is 1. The van der Waals surface area contributed by atoms with Gasteiger partial charge in [0.15, 0.2) is 0 Å². The van der Waals surface area contributed by atoms with Crippen LogP contribution in [0.4, 0.5) is 0 Å². The Balaban J connectivity index is 2.64. The standard InChI is InChI=1S/C11H7NO2/c1-7-2-3-8-9(6-7)10(4-5-12)14-11(8)13/h2-4,6H,1H3/b10-4-. The molecule has 68 valence electrons. The van der Waals surface area contributed by atoms with Crippen LogP contribution in [0.1, 0.15) is 21.5 Å². The van der Waals surface area contributed by atoms with E-state index in [4.69, 9.17) is 10.00 Å². The molecule has 1 aromatic carbocycles. The molecule has 2 rings (SSSR count). The molecule has 0 radical (unpaired) electrons. The molecule has 1 heterocycles. The maximum absolute atomic E-state index is 11.3. The van der Waals surface area contributed by atoms with Crippen LogP contribution in [0.25, 0.3) is 5.76 Å². The topological polar surface area (TPSA) is 50.1 Å². The summed E-state index contributed by atoms with van der Waals surface area (Å²) in [5, 5.41) is 8.49. The highest BCUT2D eigenvalue weighted by Crippen LogP contribution is 2.29. The summed E-state index contributed by atoms with van der Waals surface area (Å²) in [6, 6.07) is 7.24. The molecule has 0 fully saturated rings. The molecule has 3 nitrogen and oxygen atoms in total. The van der Waals surface area contributed by atoms with E-state index in [0.717, 1.165) is 5.56 Å². The minimum atomic E-state index is -0.387. The van der Waals surface area contributed by atoms with Crippen molar-refractivity contribution in [3.8, 4) is 6.07 Å². The number of cyclic esters (lactones) is 1. The highest BCUT2D eigenvalue weighted by molar-refractivity contribution is 6.03. The number of rotatable bonds is 0. The summed E-state index contributed by atoms with van der Waals surface area (Å²) in [7, 11) is 0. The smallest absolute Gasteiger partial charge is 0.344 e. The average molecular weight is 185 g/mol. The maximum Gasteiger partial charge on any atom is 0.344 e. The van der Waals surface area contributed by atoms with E-state index >= 15 is 0 Å². The van der Waals surface area contributed by atoms with Crippen molar-refractivity contribution in [3.05, 3.63) is 41.0 Å². The van der Waals surface area contributed by atoms with Gasteiger partial charge in [0.2, 0.25) is 0 Å². The van der Waals surface area contributed by atoms with Crippen molar-refractivity contribution in [1.29, 1.82) is 5.26 Å². The molecule has 3 heteroatoms. The Bertz CT molecular complexity index is 481. The lowest BCUT2D eigenvalue weighted by molar-refractivity contribution is 0.0716. The molecular weight excluding hydrogens is 178 g/mol. The molecule has 0 aliphatic carbocycles. The van der Waals surface area contributed by atoms with E-state index in [1.165, 1.54) is 6.08 Å². The minimum Gasteiger partial charge on any atom is -0.421 e. The van der Waals surface area contributed by atoms with Crippen molar-refractivity contribution in [2.45, 2.75) is 6.92 Å². The fraction of sp³-hybridized carbons (Fsp3) is 0.0909. The molecule has 0 saturated carbocycles. The molecule has 1 aliphatic heterocycles. The summed E-state index contributed by atoms with van der Waals surface area (Å²) in [6.45, 7) is 1.92. The zero-order valence-electron chi connectivity index (χ0n) is 7.57. The number of aryl methyl sites for hydroxylation is 1. The number of fused-ring (bicyclic) bond motifs is 1. The van der Waals surface area contributed by atoms with E-state index in [-0.39, 0.29) is 5.97 Å². The lowest BCUT2D eigenvalue weighted by Crippen LogP contribution is -1.92. The van der Waals surface area contributed by atoms with Crippen LogP contribution in [-0.2, 0) is 4.74 Å². The molecule has 0 aromatic heterocycles. The first kappa shape index (κ1) is 8.52.